The first kappa shape index (κ1) is 21.5. The SMILES string of the molecule is C1=NC(c2ccccc2)=CN(C2CCCCCC2)C1(c1ccccc1)C1CCCCCC1. The first-order valence-electron chi connectivity index (χ1n) is 13.0. The van der Waals surface area contributed by atoms with Crippen LogP contribution in [0.4, 0.5) is 0 Å². The predicted molar refractivity (Wildman–Crippen MR) is 136 cm³/mol. The standard InChI is InChI=1S/C30H38N2/c1-2-10-18-26(17-9-1)30(27-19-11-6-12-20-27)24-31-29(25-15-7-5-8-16-25)23-32(30)28-21-13-3-4-14-22-28/h5-8,11-12,15-16,19-20,23-24,26,28H,1-4,9-10,13-14,17-18,21-22H2. The van der Waals surface area contributed by atoms with Crippen molar-refractivity contribution in [2.24, 2.45) is 10.9 Å². The Hall–Kier alpha value is -2.35. The Morgan fingerprint density at radius 2 is 1.22 bits per heavy atom. The van der Waals surface area contributed by atoms with Gasteiger partial charge in [0, 0.05) is 24.0 Å². The third-order valence-corrected chi connectivity index (χ3v) is 8.09. The van der Waals surface area contributed by atoms with Crippen LogP contribution in [0.2, 0.25) is 0 Å². The van der Waals surface area contributed by atoms with Crippen molar-refractivity contribution < 1.29 is 0 Å². The molecule has 0 amide bonds. The minimum atomic E-state index is -0.126. The minimum absolute atomic E-state index is 0.126. The molecular weight excluding hydrogens is 388 g/mol. The van der Waals surface area contributed by atoms with Crippen LogP contribution in [0.3, 0.4) is 0 Å². The highest BCUT2D eigenvalue weighted by Crippen LogP contribution is 2.47. The number of aliphatic imine (C=N–C) groups is 1. The lowest BCUT2D eigenvalue weighted by Gasteiger charge is -2.52. The lowest BCUT2D eigenvalue weighted by Crippen LogP contribution is -2.55. The molecule has 2 aromatic carbocycles. The second-order valence-corrected chi connectivity index (χ2v) is 10.1. The second-order valence-electron chi connectivity index (χ2n) is 10.1. The van der Waals surface area contributed by atoms with E-state index < -0.39 is 0 Å². The summed E-state index contributed by atoms with van der Waals surface area (Å²) in [7, 11) is 0. The summed E-state index contributed by atoms with van der Waals surface area (Å²) in [6.45, 7) is 0. The molecule has 1 atom stereocenters. The topological polar surface area (TPSA) is 15.6 Å². The van der Waals surface area contributed by atoms with Gasteiger partial charge in [0.2, 0.25) is 0 Å². The van der Waals surface area contributed by atoms with Gasteiger partial charge in [-0.05, 0) is 37.2 Å². The van der Waals surface area contributed by atoms with E-state index in [1.807, 2.05) is 0 Å². The molecule has 0 N–H and O–H groups in total. The molecule has 0 aromatic heterocycles. The van der Waals surface area contributed by atoms with Gasteiger partial charge in [0.1, 0.15) is 5.54 Å². The fourth-order valence-corrected chi connectivity index (χ4v) is 6.41. The van der Waals surface area contributed by atoms with Crippen molar-refractivity contribution in [3.8, 4) is 0 Å². The lowest BCUT2D eigenvalue weighted by molar-refractivity contribution is 0.0806. The Morgan fingerprint density at radius 3 is 1.84 bits per heavy atom. The molecule has 2 saturated carbocycles. The summed E-state index contributed by atoms with van der Waals surface area (Å²) in [6, 6.07) is 22.7. The van der Waals surface area contributed by atoms with E-state index in [2.05, 4.69) is 78.0 Å². The van der Waals surface area contributed by atoms with E-state index in [1.54, 1.807) is 0 Å². The average molecular weight is 427 g/mol. The van der Waals surface area contributed by atoms with Crippen LogP contribution >= 0.6 is 0 Å². The molecule has 1 unspecified atom stereocenters. The summed E-state index contributed by atoms with van der Waals surface area (Å²) in [5.41, 5.74) is 3.65. The van der Waals surface area contributed by atoms with Gasteiger partial charge in [-0.25, -0.2) is 0 Å². The molecule has 1 heterocycles. The molecule has 3 aliphatic rings. The molecule has 168 valence electrons. The van der Waals surface area contributed by atoms with Crippen LogP contribution in [0.5, 0.6) is 0 Å². The van der Waals surface area contributed by atoms with Gasteiger partial charge in [-0.2, -0.15) is 0 Å². The summed E-state index contributed by atoms with van der Waals surface area (Å²) >= 11 is 0. The Labute approximate surface area is 194 Å². The zero-order chi connectivity index (χ0) is 21.6. The molecule has 0 radical (unpaired) electrons. The molecule has 2 nitrogen and oxygen atoms in total. The first-order chi connectivity index (χ1) is 15.9. The third-order valence-electron chi connectivity index (χ3n) is 8.09. The van der Waals surface area contributed by atoms with Crippen LogP contribution in [0.15, 0.2) is 71.9 Å². The Bertz CT molecular complexity index is 900. The van der Waals surface area contributed by atoms with Crippen molar-refractivity contribution in [3.05, 3.63) is 78.0 Å². The van der Waals surface area contributed by atoms with Crippen molar-refractivity contribution in [1.82, 2.24) is 4.90 Å². The van der Waals surface area contributed by atoms with Crippen molar-refractivity contribution in [3.63, 3.8) is 0 Å². The molecule has 1 aliphatic heterocycles. The quantitative estimate of drug-likeness (QED) is 0.453. The highest BCUT2D eigenvalue weighted by molar-refractivity contribution is 5.84. The molecule has 0 saturated heterocycles. The monoisotopic (exact) mass is 426 g/mol. The van der Waals surface area contributed by atoms with Gasteiger partial charge in [0.25, 0.3) is 0 Å². The molecule has 32 heavy (non-hydrogen) atoms. The van der Waals surface area contributed by atoms with Crippen molar-refractivity contribution in [1.29, 1.82) is 0 Å². The number of hydrogen-bond donors (Lipinski definition) is 0. The predicted octanol–water partition coefficient (Wildman–Crippen LogP) is 7.96. The number of hydrogen-bond acceptors (Lipinski definition) is 2. The third kappa shape index (κ3) is 4.29. The van der Waals surface area contributed by atoms with Gasteiger partial charge < -0.3 is 4.90 Å². The highest BCUT2D eigenvalue weighted by Gasteiger charge is 2.47. The fraction of sp³-hybridized carbons (Fsp3) is 0.500. The van der Waals surface area contributed by atoms with E-state index in [0.29, 0.717) is 12.0 Å². The molecule has 2 fully saturated rings. The van der Waals surface area contributed by atoms with Gasteiger partial charge in [0.15, 0.2) is 0 Å². The van der Waals surface area contributed by atoms with Gasteiger partial charge in [-0.3, -0.25) is 4.99 Å². The fourth-order valence-electron chi connectivity index (χ4n) is 6.41. The summed E-state index contributed by atoms with van der Waals surface area (Å²) in [6.07, 6.45) is 20.9. The molecule has 5 rings (SSSR count). The zero-order valence-corrected chi connectivity index (χ0v) is 19.5. The normalized spacial score (nSPS) is 25.8. The van der Waals surface area contributed by atoms with E-state index in [4.69, 9.17) is 4.99 Å². The van der Waals surface area contributed by atoms with Gasteiger partial charge in [0.05, 0.1) is 5.70 Å². The van der Waals surface area contributed by atoms with Gasteiger partial charge in [-0.1, -0.05) is 112 Å². The lowest BCUT2D eigenvalue weighted by atomic mass is 9.72. The molecule has 2 heteroatoms. The van der Waals surface area contributed by atoms with Crippen LogP contribution in [0.1, 0.15) is 88.2 Å². The molecule has 0 spiro atoms. The van der Waals surface area contributed by atoms with Crippen LogP contribution < -0.4 is 0 Å². The van der Waals surface area contributed by atoms with E-state index in [0.717, 1.165) is 5.70 Å². The average Bonchev–Trinajstić information content (AvgIpc) is 3.31. The molecule has 2 aromatic rings. The van der Waals surface area contributed by atoms with E-state index in [1.165, 1.54) is 88.2 Å². The van der Waals surface area contributed by atoms with E-state index >= 15 is 0 Å². The Kier molecular flexibility index (Phi) is 6.76. The molecule has 0 bridgehead atoms. The van der Waals surface area contributed by atoms with Crippen LogP contribution in [0, 0.1) is 5.92 Å². The summed E-state index contributed by atoms with van der Waals surface area (Å²) in [5, 5.41) is 0. The number of rotatable bonds is 4. The summed E-state index contributed by atoms with van der Waals surface area (Å²) in [5.74, 6) is 0.618. The van der Waals surface area contributed by atoms with Crippen molar-refractivity contribution in [2.45, 2.75) is 88.6 Å². The summed E-state index contributed by atoms with van der Waals surface area (Å²) in [4.78, 5) is 8.00. The zero-order valence-electron chi connectivity index (χ0n) is 19.5. The first-order valence-corrected chi connectivity index (χ1v) is 13.0. The maximum atomic E-state index is 5.20. The molecule has 2 aliphatic carbocycles. The number of nitrogens with zero attached hydrogens (tertiary/aromatic N) is 2. The van der Waals surface area contributed by atoms with Crippen molar-refractivity contribution >= 4 is 11.9 Å². The van der Waals surface area contributed by atoms with E-state index in [-0.39, 0.29) is 5.54 Å². The Morgan fingerprint density at radius 1 is 0.656 bits per heavy atom. The van der Waals surface area contributed by atoms with Gasteiger partial charge >= 0.3 is 0 Å². The highest BCUT2D eigenvalue weighted by atomic mass is 15.2. The second kappa shape index (κ2) is 10.1. The van der Waals surface area contributed by atoms with E-state index in [9.17, 15) is 0 Å². The summed E-state index contributed by atoms with van der Waals surface area (Å²) < 4.78 is 0. The maximum absolute atomic E-state index is 5.20. The maximum Gasteiger partial charge on any atom is 0.103 e. The minimum Gasteiger partial charge on any atom is -0.358 e. The molecular formula is C30H38N2. The van der Waals surface area contributed by atoms with Crippen LogP contribution in [-0.2, 0) is 5.54 Å². The largest absolute Gasteiger partial charge is 0.358 e. The van der Waals surface area contributed by atoms with Crippen LogP contribution in [0.25, 0.3) is 5.70 Å². The Balaban J connectivity index is 1.64. The van der Waals surface area contributed by atoms with Crippen LogP contribution in [-0.4, -0.2) is 17.2 Å². The smallest absolute Gasteiger partial charge is 0.103 e. The van der Waals surface area contributed by atoms with Gasteiger partial charge in [-0.15, -0.1) is 0 Å². The van der Waals surface area contributed by atoms with Crippen molar-refractivity contribution in [2.75, 3.05) is 0 Å². The number of benzene rings is 2.